The molecule has 0 amide bonds. The van der Waals surface area contributed by atoms with Crippen LogP contribution in [0.1, 0.15) is 30.7 Å². The average molecular weight is 345 g/mol. The maximum absolute atomic E-state index is 6.09. The van der Waals surface area contributed by atoms with Gasteiger partial charge in [0, 0.05) is 24.1 Å². The maximum Gasteiger partial charge on any atom is 0.174 e. The molecule has 2 aliphatic rings. The zero-order valence-electron chi connectivity index (χ0n) is 14.2. The van der Waals surface area contributed by atoms with Crippen molar-refractivity contribution in [3.63, 3.8) is 0 Å². The number of hydrogen-bond donors (Lipinski definition) is 1. The van der Waals surface area contributed by atoms with E-state index in [0.717, 1.165) is 54.6 Å². The first kappa shape index (κ1) is 15.9. The van der Waals surface area contributed by atoms with E-state index in [2.05, 4.69) is 15.4 Å². The zero-order valence-corrected chi connectivity index (χ0v) is 15.0. The Kier molecular flexibility index (Phi) is 4.22. The summed E-state index contributed by atoms with van der Waals surface area (Å²) in [6, 6.07) is 2.43. The topological polar surface area (TPSA) is 64.9 Å². The lowest BCUT2D eigenvalue weighted by atomic mass is 9.90. The summed E-state index contributed by atoms with van der Waals surface area (Å²) < 4.78 is 7.93. The van der Waals surface area contributed by atoms with Crippen LogP contribution in [0.3, 0.4) is 0 Å². The summed E-state index contributed by atoms with van der Waals surface area (Å²) in [6.07, 6.45) is 6.77. The molecule has 1 N–H and O–H groups in total. The van der Waals surface area contributed by atoms with Crippen LogP contribution in [-0.2, 0) is 4.74 Å². The van der Waals surface area contributed by atoms with E-state index in [1.165, 1.54) is 5.75 Å². The lowest BCUT2D eigenvalue weighted by molar-refractivity contribution is -0.0628. The molecule has 2 unspecified atom stereocenters. The summed E-state index contributed by atoms with van der Waals surface area (Å²) in [4.78, 5) is 9.05. The largest absolute Gasteiger partial charge is 0.374 e. The molecule has 2 saturated heterocycles. The number of thioether (sulfide) groups is 1. The number of hydrogen-bond acceptors (Lipinski definition) is 6. The molecule has 2 aromatic heterocycles. The van der Waals surface area contributed by atoms with Crippen LogP contribution in [0, 0.1) is 13.8 Å². The first-order valence-corrected chi connectivity index (χ1v) is 9.63. The smallest absolute Gasteiger partial charge is 0.174 e. The van der Waals surface area contributed by atoms with Crippen molar-refractivity contribution in [3.05, 3.63) is 29.8 Å². The van der Waals surface area contributed by atoms with Crippen molar-refractivity contribution < 1.29 is 4.74 Å². The van der Waals surface area contributed by atoms with Crippen molar-refractivity contribution in [1.29, 1.82) is 0 Å². The summed E-state index contributed by atoms with van der Waals surface area (Å²) in [5, 5.41) is 8.05. The summed E-state index contributed by atoms with van der Waals surface area (Å²) in [6.45, 7) is 4.84. The Hall–Kier alpha value is -1.60. The van der Waals surface area contributed by atoms with Gasteiger partial charge in [-0.15, -0.1) is 0 Å². The number of aryl methyl sites for hydroxylation is 2. The number of ether oxygens (including phenoxy) is 1. The molecule has 2 aromatic rings. The molecule has 7 heteroatoms. The number of rotatable bonds is 3. The van der Waals surface area contributed by atoms with Crippen molar-refractivity contribution >= 4 is 17.6 Å². The van der Waals surface area contributed by atoms with Gasteiger partial charge in [-0.2, -0.15) is 16.9 Å². The van der Waals surface area contributed by atoms with Gasteiger partial charge in [0.2, 0.25) is 0 Å². The molecule has 24 heavy (non-hydrogen) atoms. The van der Waals surface area contributed by atoms with Gasteiger partial charge in [0.15, 0.2) is 5.82 Å². The Balaban J connectivity index is 1.51. The molecule has 0 saturated carbocycles. The van der Waals surface area contributed by atoms with Gasteiger partial charge in [0.1, 0.15) is 5.82 Å². The molecule has 2 atom stereocenters. The fourth-order valence-corrected chi connectivity index (χ4v) is 4.99. The van der Waals surface area contributed by atoms with Gasteiger partial charge >= 0.3 is 0 Å². The van der Waals surface area contributed by atoms with E-state index >= 15 is 0 Å². The van der Waals surface area contributed by atoms with Gasteiger partial charge in [-0.25, -0.2) is 9.67 Å². The van der Waals surface area contributed by atoms with E-state index in [-0.39, 0.29) is 5.60 Å². The predicted octanol–water partition coefficient (Wildman–Crippen LogP) is 2.75. The third kappa shape index (κ3) is 3.15. The monoisotopic (exact) mass is 345 g/mol. The van der Waals surface area contributed by atoms with Crippen LogP contribution in [0.25, 0.3) is 5.82 Å². The van der Waals surface area contributed by atoms with Crippen LogP contribution in [0.15, 0.2) is 18.5 Å². The first-order chi connectivity index (χ1) is 11.6. The molecule has 0 bridgehead atoms. The molecule has 0 aliphatic carbocycles. The van der Waals surface area contributed by atoms with E-state index in [1.54, 1.807) is 12.4 Å². The van der Waals surface area contributed by atoms with Crippen LogP contribution < -0.4 is 5.32 Å². The molecule has 1 spiro atoms. The fraction of sp³-hybridized carbons (Fsp3) is 0.588. The summed E-state index contributed by atoms with van der Waals surface area (Å²) >= 11 is 2.00. The molecule has 128 valence electrons. The van der Waals surface area contributed by atoms with Crippen molar-refractivity contribution in [2.75, 3.05) is 23.4 Å². The Morgan fingerprint density at radius 3 is 3.04 bits per heavy atom. The van der Waals surface area contributed by atoms with Crippen LogP contribution in [0.4, 0.5) is 5.82 Å². The average Bonchev–Trinajstić information content (AvgIpc) is 3.14. The Labute approximate surface area is 146 Å². The van der Waals surface area contributed by atoms with Gasteiger partial charge in [0.25, 0.3) is 0 Å². The minimum atomic E-state index is 0.0707. The molecule has 0 aromatic carbocycles. The van der Waals surface area contributed by atoms with Crippen LogP contribution in [0.5, 0.6) is 0 Å². The van der Waals surface area contributed by atoms with Gasteiger partial charge in [0.05, 0.1) is 23.7 Å². The minimum Gasteiger partial charge on any atom is -0.374 e. The van der Waals surface area contributed by atoms with E-state index in [9.17, 15) is 0 Å². The molecular weight excluding hydrogens is 322 g/mol. The zero-order chi connectivity index (χ0) is 16.6. The van der Waals surface area contributed by atoms with Gasteiger partial charge in [-0.05, 0) is 44.9 Å². The SMILES string of the molecule is Cc1cc(C)n(-c2cncc(NC3CCOC4(CCSC4)C3)n2)n1. The van der Waals surface area contributed by atoms with E-state index in [1.807, 2.05) is 36.4 Å². The highest BCUT2D eigenvalue weighted by atomic mass is 32.2. The molecule has 0 radical (unpaired) electrons. The van der Waals surface area contributed by atoms with Crippen molar-refractivity contribution in [3.8, 4) is 5.82 Å². The molecule has 2 aliphatic heterocycles. The minimum absolute atomic E-state index is 0.0707. The van der Waals surface area contributed by atoms with Gasteiger partial charge < -0.3 is 10.1 Å². The number of nitrogens with one attached hydrogen (secondary N) is 1. The molecular formula is C17H23N5OS. The van der Waals surface area contributed by atoms with Crippen LogP contribution >= 0.6 is 11.8 Å². The third-order valence-corrected chi connectivity index (χ3v) is 5.98. The highest BCUT2D eigenvalue weighted by Crippen LogP contribution is 2.38. The van der Waals surface area contributed by atoms with Crippen LogP contribution in [-0.4, -0.2) is 49.5 Å². The molecule has 2 fully saturated rings. The van der Waals surface area contributed by atoms with E-state index < -0.39 is 0 Å². The second-order valence-electron chi connectivity index (χ2n) is 6.77. The number of aromatic nitrogens is 4. The van der Waals surface area contributed by atoms with Crippen molar-refractivity contribution in [2.45, 2.75) is 44.8 Å². The highest BCUT2D eigenvalue weighted by Gasteiger charge is 2.40. The maximum atomic E-state index is 6.09. The van der Waals surface area contributed by atoms with E-state index in [0.29, 0.717) is 6.04 Å². The molecule has 4 rings (SSSR count). The first-order valence-electron chi connectivity index (χ1n) is 8.48. The number of nitrogens with zero attached hydrogens (tertiary/aromatic N) is 4. The second kappa shape index (κ2) is 6.37. The summed E-state index contributed by atoms with van der Waals surface area (Å²) in [5.41, 5.74) is 2.12. The van der Waals surface area contributed by atoms with Gasteiger partial charge in [-0.1, -0.05) is 0 Å². The third-order valence-electron chi connectivity index (χ3n) is 4.76. The summed E-state index contributed by atoms with van der Waals surface area (Å²) in [7, 11) is 0. The van der Waals surface area contributed by atoms with Crippen molar-refractivity contribution in [2.24, 2.45) is 0 Å². The Bertz CT molecular complexity index is 726. The van der Waals surface area contributed by atoms with E-state index in [4.69, 9.17) is 9.72 Å². The lowest BCUT2D eigenvalue weighted by Crippen LogP contribution is -2.44. The molecule has 6 nitrogen and oxygen atoms in total. The van der Waals surface area contributed by atoms with Crippen molar-refractivity contribution in [1.82, 2.24) is 19.7 Å². The fourth-order valence-electron chi connectivity index (χ4n) is 3.61. The lowest BCUT2D eigenvalue weighted by Gasteiger charge is -2.38. The Morgan fingerprint density at radius 2 is 2.29 bits per heavy atom. The second-order valence-corrected chi connectivity index (χ2v) is 7.87. The van der Waals surface area contributed by atoms with Gasteiger partial charge in [-0.3, -0.25) is 4.98 Å². The number of anilines is 1. The summed E-state index contributed by atoms with van der Waals surface area (Å²) in [5.74, 6) is 3.89. The highest BCUT2D eigenvalue weighted by molar-refractivity contribution is 7.99. The quantitative estimate of drug-likeness (QED) is 0.923. The molecule has 4 heterocycles. The predicted molar refractivity (Wildman–Crippen MR) is 95.9 cm³/mol. The van der Waals surface area contributed by atoms with Crippen LogP contribution in [0.2, 0.25) is 0 Å². The standard InChI is InChI=1S/C17H23N5OS/c1-12-7-13(2)22(21-12)16-10-18-9-15(20-16)19-14-3-5-23-17(8-14)4-6-24-11-17/h7,9-10,14H,3-6,8,11H2,1-2H3,(H,19,20). The normalized spacial score (nSPS) is 26.8. The Morgan fingerprint density at radius 1 is 1.38 bits per heavy atom.